The predicted octanol–water partition coefficient (Wildman–Crippen LogP) is 3.40. The van der Waals surface area contributed by atoms with Gasteiger partial charge in [0.15, 0.2) is 0 Å². The van der Waals surface area contributed by atoms with Crippen LogP contribution in [0.1, 0.15) is 23.5 Å². The number of hydrogen-bond acceptors (Lipinski definition) is 7. The first-order valence-corrected chi connectivity index (χ1v) is 11.6. The van der Waals surface area contributed by atoms with Gasteiger partial charge in [0.25, 0.3) is 0 Å². The van der Waals surface area contributed by atoms with E-state index in [1.807, 2.05) is 31.2 Å². The second kappa shape index (κ2) is 13.6. The van der Waals surface area contributed by atoms with Crippen LogP contribution in [0.3, 0.4) is 0 Å². The summed E-state index contributed by atoms with van der Waals surface area (Å²) < 4.78 is 74.9. The molecule has 2 aliphatic heterocycles. The summed E-state index contributed by atoms with van der Waals surface area (Å²) in [5, 5.41) is 17.3. The smallest absolute Gasteiger partial charge is 0.475 e. The SMILES string of the molecule is Cc1ccc(CN2C[C@@H]3COC[C@]3(CC(=O)NCc3cccnc3)C2)o1.O=C(O)C(F)(F)F.O=C(O)C(F)(F)F. The van der Waals surface area contributed by atoms with Gasteiger partial charge in [-0.15, -0.1) is 0 Å². The normalized spacial score (nSPS) is 20.4. The van der Waals surface area contributed by atoms with Crippen molar-refractivity contribution in [2.75, 3.05) is 26.3 Å². The number of rotatable bonds is 6. The van der Waals surface area contributed by atoms with Crippen molar-refractivity contribution in [3.8, 4) is 0 Å². The quantitative estimate of drug-likeness (QED) is 0.436. The zero-order chi connectivity index (χ0) is 30.1. The molecule has 40 heavy (non-hydrogen) atoms. The van der Waals surface area contributed by atoms with Crippen LogP contribution in [0.5, 0.6) is 0 Å². The number of furan rings is 1. The second-order valence-electron chi connectivity index (χ2n) is 9.18. The van der Waals surface area contributed by atoms with E-state index in [9.17, 15) is 31.1 Å². The molecule has 2 saturated heterocycles. The van der Waals surface area contributed by atoms with Crippen molar-refractivity contribution in [2.45, 2.75) is 38.8 Å². The second-order valence-corrected chi connectivity index (χ2v) is 9.18. The fourth-order valence-corrected chi connectivity index (χ4v) is 4.19. The predicted molar refractivity (Wildman–Crippen MR) is 124 cm³/mol. The number of amides is 1. The molecule has 2 atom stereocenters. The van der Waals surface area contributed by atoms with Gasteiger partial charge in [0.05, 0.1) is 19.8 Å². The van der Waals surface area contributed by atoms with Crippen molar-refractivity contribution in [1.29, 1.82) is 0 Å². The minimum Gasteiger partial charge on any atom is -0.475 e. The number of aromatic nitrogens is 1. The van der Waals surface area contributed by atoms with Crippen molar-refractivity contribution in [1.82, 2.24) is 15.2 Å². The number of likely N-dealkylation sites (tertiary alicyclic amines) is 1. The number of alkyl halides is 6. The van der Waals surface area contributed by atoms with Crippen molar-refractivity contribution in [3.05, 3.63) is 53.7 Å². The summed E-state index contributed by atoms with van der Waals surface area (Å²) >= 11 is 0. The summed E-state index contributed by atoms with van der Waals surface area (Å²) in [5.74, 6) is -3.10. The van der Waals surface area contributed by atoms with Gasteiger partial charge >= 0.3 is 24.3 Å². The first-order valence-electron chi connectivity index (χ1n) is 11.6. The Balaban J connectivity index is 0.000000333. The number of nitrogens with zero attached hydrogens (tertiary/aromatic N) is 2. The van der Waals surface area contributed by atoms with E-state index in [1.54, 1.807) is 12.4 Å². The van der Waals surface area contributed by atoms with Crippen LogP contribution in [-0.2, 0) is 32.2 Å². The maximum absolute atomic E-state index is 12.6. The van der Waals surface area contributed by atoms with Gasteiger partial charge in [0.1, 0.15) is 11.5 Å². The van der Waals surface area contributed by atoms with Crippen LogP contribution in [0.25, 0.3) is 0 Å². The van der Waals surface area contributed by atoms with E-state index in [2.05, 4.69) is 15.2 Å². The molecular formula is C24H27F6N3O7. The van der Waals surface area contributed by atoms with Gasteiger partial charge in [-0.25, -0.2) is 9.59 Å². The molecule has 0 spiro atoms. The molecule has 0 unspecified atom stereocenters. The van der Waals surface area contributed by atoms with E-state index in [-0.39, 0.29) is 11.3 Å². The highest BCUT2D eigenvalue weighted by molar-refractivity contribution is 5.77. The zero-order valence-corrected chi connectivity index (χ0v) is 21.1. The molecule has 10 nitrogen and oxygen atoms in total. The van der Waals surface area contributed by atoms with Crippen LogP contribution in [0.2, 0.25) is 0 Å². The van der Waals surface area contributed by atoms with Gasteiger partial charge < -0.3 is 24.7 Å². The molecule has 222 valence electrons. The van der Waals surface area contributed by atoms with E-state index in [0.717, 1.165) is 43.3 Å². The summed E-state index contributed by atoms with van der Waals surface area (Å²) in [6.45, 7) is 6.50. The molecule has 2 aromatic heterocycles. The molecule has 4 heterocycles. The van der Waals surface area contributed by atoms with E-state index in [1.165, 1.54) is 0 Å². The minimum atomic E-state index is -5.08. The van der Waals surface area contributed by atoms with Crippen molar-refractivity contribution >= 4 is 17.8 Å². The van der Waals surface area contributed by atoms with Crippen LogP contribution in [-0.4, -0.2) is 76.6 Å². The largest absolute Gasteiger partial charge is 0.490 e. The molecule has 0 aromatic carbocycles. The molecule has 2 fully saturated rings. The lowest BCUT2D eigenvalue weighted by molar-refractivity contribution is -0.193. The van der Waals surface area contributed by atoms with E-state index in [0.29, 0.717) is 25.5 Å². The Labute approximate surface area is 223 Å². The van der Waals surface area contributed by atoms with Gasteiger partial charge in [-0.05, 0) is 30.7 Å². The molecule has 0 radical (unpaired) electrons. The molecule has 3 N–H and O–H groups in total. The number of aryl methyl sites for hydroxylation is 1. The van der Waals surface area contributed by atoms with Gasteiger partial charge in [-0.3, -0.25) is 14.7 Å². The number of fused-ring (bicyclic) bond motifs is 1. The number of hydrogen-bond donors (Lipinski definition) is 3. The van der Waals surface area contributed by atoms with Crippen molar-refractivity contribution in [2.24, 2.45) is 11.3 Å². The van der Waals surface area contributed by atoms with Crippen LogP contribution in [0.15, 0.2) is 41.1 Å². The van der Waals surface area contributed by atoms with Gasteiger partial charge in [0.2, 0.25) is 5.91 Å². The molecule has 4 rings (SSSR count). The molecule has 2 aromatic rings. The minimum absolute atomic E-state index is 0.0827. The van der Waals surface area contributed by atoms with Crippen molar-refractivity contribution in [3.63, 3.8) is 0 Å². The zero-order valence-electron chi connectivity index (χ0n) is 21.1. The third-order valence-corrected chi connectivity index (χ3v) is 5.98. The number of nitrogens with one attached hydrogen (secondary N) is 1. The molecule has 2 aliphatic rings. The third-order valence-electron chi connectivity index (χ3n) is 5.98. The molecule has 0 aliphatic carbocycles. The average Bonchev–Trinajstić information content (AvgIpc) is 3.52. The van der Waals surface area contributed by atoms with Crippen LogP contribution < -0.4 is 5.32 Å². The van der Waals surface area contributed by atoms with Gasteiger partial charge in [-0.2, -0.15) is 26.3 Å². The maximum Gasteiger partial charge on any atom is 0.490 e. The maximum atomic E-state index is 12.6. The molecule has 0 bridgehead atoms. The van der Waals surface area contributed by atoms with Gasteiger partial charge in [-0.1, -0.05) is 6.07 Å². The Morgan fingerprint density at radius 1 is 1.10 bits per heavy atom. The fourth-order valence-electron chi connectivity index (χ4n) is 4.19. The molecule has 16 heteroatoms. The number of halogens is 6. The molecular weight excluding hydrogens is 556 g/mol. The van der Waals surface area contributed by atoms with Crippen LogP contribution in [0.4, 0.5) is 26.3 Å². The van der Waals surface area contributed by atoms with E-state index >= 15 is 0 Å². The Morgan fingerprint density at radius 3 is 2.23 bits per heavy atom. The highest BCUT2D eigenvalue weighted by atomic mass is 19.4. The van der Waals surface area contributed by atoms with E-state index in [4.69, 9.17) is 29.0 Å². The summed E-state index contributed by atoms with van der Waals surface area (Å²) in [5.41, 5.74) is 0.930. The lowest BCUT2D eigenvalue weighted by Gasteiger charge is -2.26. The first-order chi connectivity index (χ1) is 18.5. The summed E-state index contributed by atoms with van der Waals surface area (Å²) in [7, 11) is 0. The summed E-state index contributed by atoms with van der Waals surface area (Å²) in [6.07, 6.45) is -6.15. The van der Waals surface area contributed by atoms with Crippen LogP contribution in [0, 0.1) is 18.3 Å². The third kappa shape index (κ3) is 10.1. The Hall–Kier alpha value is -3.66. The summed E-state index contributed by atoms with van der Waals surface area (Å²) in [6, 6.07) is 7.88. The lowest BCUT2D eigenvalue weighted by atomic mass is 9.78. The molecule has 0 saturated carbocycles. The monoisotopic (exact) mass is 583 g/mol. The number of carboxylic acid groups (broad SMARTS) is 2. The number of carbonyl (C=O) groups excluding carboxylic acids is 1. The first kappa shape index (κ1) is 32.6. The fraction of sp³-hybridized carbons (Fsp3) is 0.500. The van der Waals surface area contributed by atoms with Gasteiger partial charge in [0, 0.05) is 49.8 Å². The van der Waals surface area contributed by atoms with E-state index < -0.39 is 24.3 Å². The number of carboxylic acids is 2. The standard InChI is InChI=1S/C20H25N3O3.2C2HF3O2/c1-15-4-5-18(26-15)11-23-10-17-12-25-14-20(17,13-23)7-19(24)22-9-16-3-2-6-21-8-16;2*3-2(4,5)1(6)7/h2-6,8,17H,7,9-14H2,1H3,(H,22,24);2*(H,6,7)/t17-,20+;;/m1../s1. The topological polar surface area (TPSA) is 142 Å². The average molecular weight is 583 g/mol. The Morgan fingerprint density at radius 2 is 1.73 bits per heavy atom. The number of aliphatic carboxylic acids is 2. The number of pyridine rings is 1. The lowest BCUT2D eigenvalue weighted by Crippen LogP contribution is -2.37. The highest BCUT2D eigenvalue weighted by Crippen LogP contribution is 2.44. The number of ether oxygens (including phenoxy) is 1. The Kier molecular flexibility index (Phi) is 11.1. The van der Waals surface area contributed by atoms with Crippen molar-refractivity contribution < 1.29 is 60.1 Å². The Bertz CT molecular complexity index is 1120. The summed E-state index contributed by atoms with van der Waals surface area (Å²) in [4.78, 5) is 36.8. The van der Waals surface area contributed by atoms with Crippen LogP contribution >= 0.6 is 0 Å². The molecule has 1 amide bonds. The number of carbonyl (C=O) groups is 3. The highest BCUT2D eigenvalue weighted by Gasteiger charge is 2.51.